The van der Waals surface area contributed by atoms with E-state index in [1.807, 2.05) is 44.2 Å². The smallest absolute Gasteiger partial charge is 0.234 e. The molecule has 200 valence electrons. The molecule has 1 aliphatic rings. The first kappa shape index (κ1) is 26.6. The fourth-order valence-electron chi connectivity index (χ4n) is 5.16. The second-order valence-electron chi connectivity index (χ2n) is 10.3. The van der Waals surface area contributed by atoms with E-state index in [4.69, 9.17) is 4.74 Å². The van der Waals surface area contributed by atoms with E-state index in [1.54, 1.807) is 11.3 Å². The van der Waals surface area contributed by atoms with Crippen molar-refractivity contribution in [1.29, 1.82) is 0 Å². The van der Waals surface area contributed by atoms with Crippen LogP contribution in [-0.2, 0) is 4.79 Å². The lowest BCUT2D eigenvalue weighted by atomic mass is 10.0. The van der Waals surface area contributed by atoms with E-state index in [0.717, 1.165) is 46.2 Å². The van der Waals surface area contributed by atoms with Gasteiger partial charge in [-0.25, -0.2) is 4.98 Å². The van der Waals surface area contributed by atoms with Gasteiger partial charge in [-0.2, -0.15) is 0 Å². The first-order valence-corrected chi connectivity index (χ1v) is 14.1. The minimum absolute atomic E-state index is 0.0343. The number of nitrogens with one attached hydrogen (secondary N) is 1. The lowest BCUT2D eigenvalue weighted by Gasteiger charge is -2.40. The standard InChI is InChI=1S/C30H36N4O3S/c1-20-16-33(18-30(36)31-21(2)24-9-8-23-6-4-5-7-25(23)14-24)12-13-34(20)17-26(35)19-37-27-10-11-29-28(15-27)32-22(3)38-29/h4-11,14-15,20-21,26,35H,12-13,16-19H2,1-3H3,(H,31,36). The maximum absolute atomic E-state index is 12.8. The quantitative estimate of drug-likeness (QED) is 0.333. The van der Waals surface area contributed by atoms with Gasteiger partial charge in [0, 0.05) is 38.3 Å². The summed E-state index contributed by atoms with van der Waals surface area (Å²) < 4.78 is 7.00. The first-order chi connectivity index (χ1) is 18.3. The highest BCUT2D eigenvalue weighted by molar-refractivity contribution is 7.18. The average molecular weight is 533 g/mol. The molecule has 0 bridgehead atoms. The summed E-state index contributed by atoms with van der Waals surface area (Å²) in [5, 5.41) is 17.2. The van der Waals surface area contributed by atoms with Gasteiger partial charge >= 0.3 is 0 Å². The molecular weight excluding hydrogens is 496 g/mol. The lowest BCUT2D eigenvalue weighted by molar-refractivity contribution is -0.123. The van der Waals surface area contributed by atoms with E-state index in [1.165, 1.54) is 10.8 Å². The van der Waals surface area contributed by atoms with Crippen molar-refractivity contribution >= 4 is 38.2 Å². The maximum Gasteiger partial charge on any atom is 0.234 e. The number of hydrogen-bond donors (Lipinski definition) is 2. The van der Waals surface area contributed by atoms with Gasteiger partial charge in [-0.15, -0.1) is 11.3 Å². The summed E-state index contributed by atoms with van der Waals surface area (Å²) in [4.78, 5) is 21.8. The van der Waals surface area contributed by atoms with Crippen LogP contribution in [0.5, 0.6) is 5.75 Å². The van der Waals surface area contributed by atoms with Crippen LogP contribution in [0.1, 0.15) is 30.5 Å². The number of carbonyl (C=O) groups is 1. The molecule has 0 aliphatic carbocycles. The summed E-state index contributed by atoms with van der Waals surface area (Å²) in [5.74, 6) is 0.760. The number of β-amino-alcohol motifs (C(OH)–C–C–N with tert-alkyl or cyclic N) is 1. The van der Waals surface area contributed by atoms with E-state index in [2.05, 4.69) is 57.4 Å². The Morgan fingerprint density at radius 1 is 1.16 bits per heavy atom. The van der Waals surface area contributed by atoms with E-state index >= 15 is 0 Å². The highest BCUT2D eigenvalue weighted by Gasteiger charge is 2.27. The Hall–Kier alpha value is -3.04. The molecule has 0 spiro atoms. The van der Waals surface area contributed by atoms with Crippen LogP contribution in [0.4, 0.5) is 0 Å². The van der Waals surface area contributed by atoms with Crippen LogP contribution in [0.2, 0.25) is 0 Å². The predicted molar refractivity (Wildman–Crippen MR) is 154 cm³/mol. The van der Waals surface area contributed by atoms with Crippen molar-refractivity contribution in [3.63, 3.8) is 0 Å². The molecule has 2 N–H and O–H groups in total. The Bertz CT molecular complexity index is 1410. The fraction of sp³-hybridized carbons (Fsp3) is 0.400. The molecule has 1 aromatic heterocycles. The van der Waals surface area contributed by atoms with Gasteiger partial charge < -0.3 is 15.2 Å². The second-order valence-corrected chi connectivity index (χ2v) is 11.5. The van der Waals surface area contributed by atoms with Gasteiger partial charge in [0.15, 0.2) is 0 Å². The molecule has 1 aliphatic heterocycles. The Kier molecular flexibility index (Phi) is 8.24. The molecule has 0 radical (unpaired) electrons. The number of aromatic nitrogens is 1. The van der Waals surface area contributed by atoms with Gasteiger partial charge in [0.2, 0.25) is 5.91 Å². The molecule has 7 nitrogen and oxygen atoms in total. The van der Waals surface area contributed by atoms with Gasteiger partial charge in [-0.05, 0) is 55.3 Å². The molecule has 1 amide bonds. The normalized spacial score (nSPS) is 18.5. The van der Waals surface area contributed by atoms with Gasteiger partial charge in [0.05, 0.1) is 27.8 Å². The minimum Gasteiger partial charge on any atom is -0.491 e. The predicted octanol–water partition coefficient (Wildman–Crippen LogP) is 4.38. The number of fused-ring (bicyclic) bond motifs is 2. The van der Waals surface area contributed by atoms with Crippen molar-refractivity contribution in [3.05, 3.63) is 71.2 Å². The van der Waals surface area contributed by atoms with Gasteiger partial charge in [0.25, 0.3) is 0 Å². The van der Waals surface area contributed by atoms with E-state index in [-0.39, 0.29) is 24.6 Å². The number of nitrogens with zero attached hydrogens (tertiary/aromatic N) is 3. The fourth-order valence-corrected chi connectivity index (χ4v) is 5.97. The Balaban J connectivity index is 1.06. The minimum atomic E-state index is -0.594. The Morgan fingerprint density at radius 3 is 2.79 bits per heavy atom. The summed E-state index contributed by atoms with van der Waals surface area (Å²) in [5.41, 5.74) is 2.04. The Labute approximate surface area is 228 Å². The zero-order valence-corrected chi connectivity index (χ0v) is 23.1. The van der Waals surface area contributed by atoms with E-state index < -0.39 is 6.10 Å². The number of piperazine rings is 1. The van der Waals surface area contributed by atoms with Crippen molar-refractivity contribution in [2.45, 2.75) is 39.0 Å². The number of aliphatic hydroxyl groups is 1. The zero-order chi connectivity index (χ0) is 26.6. The number of carbonyl (C=O) groups excluding carboxylic acids is 1. The highest BCUT2D eigenvalue weighted by Crippen LogP contribution is 2.26. The molecule has 0 saturated carbocycles. The van der Waals surface area contributed by atoms with E-state index in [9.17, 15) is 9.90 Å². The van der Waals surface area contributed by atoms with Crippen LogP contribution < -0.4 is 10.1 Å². The summed E-state index contributed by atoms with van der Waals surface area (Å²) >= 11 is 1.66. The van der Waals surface area contributed by atoms with Gasteiger partial charge in [0.1, 0.15) is 18.5 Å². The van der Waals surface area contributed by atoms with Crippen molar-refractivity contribution in [2.75, 3.05) is 39.3 Å². The molecule has 8 heteroatoms. The van der Waals surface area contributed by atoms with Crippen LogP contribution in [0.15, 0.2) is 60.7 Å². The molecule has 3 atom stereocenters. The third kappa shape index (κ3) is 6.50. The van der Waals surface area contributed by atoms with Crippen LogP contribution in [0, 0.1) is 6.92 Å². The molecule has 5 rings (SSSR count). The number of aliphatic hydroxyl groups excluding tert-OH is 1. The molecule has 2 heterocycles. The van der Waals surface area contributed by atoms with Crippen LogP contribution in [-0.4, -0.2) is 77.3 Å². The molecule has 3 unspecified atom stereocenters. The molecular formula is C30H36N4O3S. The molecule has 38 heavy (non-hydrogen) atoms. The van der Waals surface area contributed by atoms with Crippen molar-refractivity contribution in [1.82, 2.24) is 20.1 Å². The first-order valence-electron chi connectivity index (χ1n) is 13.3. The van der Waals surface area contributed by atoms with Crippen LogP contribution >= 0.6 is 11.3 Å². The zero-order valence-electron chi connectivity index (χ0n) is 22.3. The number of aryl methyl sites for hydroxylation is 1. The molecule has 4 aromatic rings. The number of thiazole rings is 1. The number of ether oxygens (including phenoxy) is 1. The summed E-state index contributed by atoms with van der Waals surface area (Å²) in [7, 11) is 0. The topological polar surface area (TPSA) is 77.9 Å². The van der Waals surface area contributed by atoms with Crippen molar-refractivity contribution < 1.29 is 14.6 Å². The summed E-state index contributed by atoms with van der Waals surface area (Å²) in [6.07, 6.45) is -0.594. The number of amides is 1. The second kappa shape index (κ2) is 11.8. The molecule has 1 saturated heterocycles. The highest BCUT2D eigenvalue weighted by atomic mass is 32.1. The lowest BCUT2D eigenvalue weighted by Crippen LogP contribution is -2.55. The van der Waals surface area contributed by atoms with Gasteiger partial charge in [-0.3, -0.25) is 14.6 Å². The summed E-state index contributed by atoms with van der Waals surface area (Å²) in [6.45, 7) is 9.69. The number of rotatable bonds is 9. The SMILES string of the molecule is Cc1nc2cc(OCC(O)CN3CCN(CC(=O)NC(C)c4ccc5ccccc5c4)CC3C)ccc2s1. The third-order valence-corrected chi connectivity index (χ3v) is 8.17. The molecule has 1 fully saturated rings. The monoisotopic (exact) mass is 532 g/mol. The summed E-state index contributed by atoms with van der Waals surface area (Å²) in [6, 6.07) is 20.7. The van der Waals surface area contributed by atoms with Crippen LogP contribution in [0.25, 0.3) is 21.0 Å². The Morgan fingerprint density at radius 2 is 1.97 bits per heavy atom. The third-order valence-electron chi connectivity index (χ3n) is 7.22. The average Bonchev–Trinajstić information content (AvgIpc) is 3.28. The number of hydrogen-bond acceptors (Lipinski definition) is 7. The van der Waals surface area contributed by atoms with E-state index in [0.29, 0.717) is 13.1 Å². The van der Waals surface area contributed by atoms with Crippen molar-refractivity contribution in [2.24, 2.45) is 0 Å². The molecule has 3 aromatic carbocycles. The van der Waals surface area contributed by atoms with Crippen LogP contribution in [0.3, 0.4) is 0 Å². The van der Waals surface area contributed by atoms with Crippen molar-refractivity contribution in [3.8, 4) is 5.75 Å². The number of benzene rings is 3. The van der Waals surface area contributed by atoms with Gasteiger partial charge in [-0.1, -0.05) is 36.4 Å². The largest absolute Gasteiger partial charge is 0.491 e. The maximum atomic E-state index is 12.8.